The van der Waals surface area contributed by atoms with E-state index in [1.165, 1.54) is 0 Å². The van der Waals surface area contributed by atoms with Gasteiger partial charge in [-0.05, 0) is 27.2 Å². The fourth-order valence-electron chi connectivity index (χ4n) is 1.14. The molecule has 0 fully saturated rings. The molecule has 0 aliphatic heterocycles. The van der Waals surface area contributed by atoms with Crippen LogP contribution in [0.3, 0.4) is 0 Å². The average molecular weight is 159 g/mol. The second-order valence-corrected chi connectivity index (χ2v) is 3.43. The van der Waals surface area contributed by atoms with Crippen LogP contribution in [0.2, 0.25) is 0 Å². The standard InChI is InChI=1S/C9H21NO/c1-5-7-8(10)9(3,4)11-6-2/h8H,5-7,10H2,1-4H3/t8-/m1/s1. The summed E-state index contributed by atoms with van der Waals surface area (Å²) in [5.41, 5.74) is 5.76. The Morgan fingerprint density at radius 3 is 2.27 bits per heavy atom. The molecule has 1 atom stereocenters. The molecule has 2 N–H and O–H groups in total. The van der Waals surface area contributed by atoms with E-state index >= 15 is 0 Å². The summed E-state index contributed by atoms with van der Waals surface area (Å²) in [6, 6.07) is 0.160. The highest BCUT2D eigenvalue weighted by Gasteiger charge is 2.25. The van der Waals surface area contributed by atoms with E-state index in [1.54, 1.807) is 0 Å². The van der Waals surface area contributed by atoms with Crippen LogP contribution in [-0.4, -0.2) is 18.2 Å². The van der Waals surface area contributed by atoms with Crippen LogP contribution in [0.25, 0.3) is 0 Å². The molecular formula is C9H21NO. The van der Waals surface area contributed by atoms with Gasteiger partial charge in [0, 0.05) is 12.6 Å². The molecule has 0 heterocycles. The van der Waals surface area contributed by atoms with Crippen LogP contribution in [0.4, 0.5) is 0 Å². The number of rotatable bonds is 5. The molecule has 0 aromatic carbocycles. The van der Waals surface area contributed by atoms with E-state index in [-0.39, 0.29) is 11.6 Å². The number of hydrogen-bond donors (Lipinski definition) is 1. The Morgan fingerprint density at radius 2 is 1.91 bits per heavy atom. The van der Waals surface area contributed by atoms with E-state index < -0.39 is 0 Å². The lowest BCUT2D eigenvalue weighted by molar-refractivity contribution is -0.0308. The van der Waals surface area contributed by atoms with Crippen molar-refractivity contribution in [3.63, 3.8) is 0 Å². The number of ether oxygens (including phenoxy) is 1. The van der Waals surface area contributed by atoms with Gasteiger partial charge in [0.2, 0.25) is 0 Å². The molecule has 0 aliphatic carbocycles. The fourth-order valence-corrected chi connectivity index (χ4v) is 1.14. The molecule has 0 radical (unpaired) electrons. The van der Waals surface area contributed by atoms with Gasteiger partial charge in [-0.15, -0.1) is 0 Å². The van der Waals surface area contributed by atoms with E-state index in [0.29, 0.717) is 0 Å². The second kappa shape index (κ2) is 4.73. The minimum Gasteiger partial charge on any atom is -0.374 e. The monoisotopic (exact) mass is 159 g/mol. The molecule has 0 saturated heterocycles. The van der Waals surface area contributed by atoms with Crippen LogP contribution < -0.4 is 5.73 Å². The van der Waals surface area contributed by atoms with Crippen molar-refractivity contribution in [1.82, 2.24) is 0 Å². The molecular weight excluding hydrogens is 138 g/mol. The molecule has 0 bridgehead atoms. The first-order valence-corrected chi connectivity index (χ1v) is 4.44. The van der Waals surface area contributed by atoms with Crippen LogP contribution in [0.5, 0.6) is 0 Å². The maximum atomic E-state index is 5.92. The first kappa shape index (κ1) is 10.9. The molecule has 0 amide bonds. The summed E-state index contributed by atoms with van der Waals surface area (Å²) in [7, 11) is 0. The molecule has 0 unspecified atom stereocenters. The molecule has 2 heteroatoms. The van der Waals surface area contributed by atoms with Gasteiger partial charge in [0.1, 0.15) is 0 Å². The molecule has 0 spiro atoms. The van der Waals surface area contributed by atoms with Crippen molar-refractivity contribution in [3.05, 3.63) is 0 Å². The third-order valence-electron chi connectivity index (χ3n) is 2.01. The van der Waals surface area contributed by atoms with Gasteiger partial charge in [-0.3, -0.25) is 0 Å². The SMILES string of the molecule is CCC[C@@H](N)C(C)(C)OCC. The van der Waals surface area contributed by atoms with E-state index in [1.807, 2.05) is 6.92 Å². The minimum atomic E-state index is -0.162. The van der Waals surface area contributed by atoms with Gasteiger partial charge >= 0.3 is 0 Å². The van der Waals surface area contributed by atoms with E-state index in [0.717, 1.165) is 19.4 Å². The van der Waals surface area contributed by atoms with Gasteiger partial charge in [-0.2, -0.15) is 0 Å². The Morgan fingerprint density at radius 1 is 1.36 bits per heavy atom. The molecule has 2 nitrogen and oxygen atoms in total. The zero-order valence-electron chi connectivity index (χ0n) is 8.18. The predicted molar refractivity (Wildman–Crippen MR) is 48.6 cm³/mol. The van der Waals surface area contributed by atoms with Gasteiger partial charge in [-0.1, -0.05) is 13.3 Å². The summed E-state index contributed by atoms with van der Waals surface area (Å²) >= 11 is 0. The van der Waals surface area contributed by atoms with Crippen molar-refractivity contribution < 1.29 is 4.74 Å². The topological polar surface area (TPSA) is 35.2 Å². The zero-order chi connectivity index (χ0) is 8.91. The maximum absolute atomic E-state index is 5.92. The highest BCUT2D eigenvalue weighted by atomic mass is 16.5. The summed E-state index contributed by atoms with van der Waals surface area (Å²) in [6.07, 6.45) is 2.16. The number of hydrogen-bond acceptors (Lipinski definition) is 2. The van der Waals surface area contributed by atoms with Crippen molar-refractivity contribution in [2.75, 3.05) is 6.61 Å². The summed E-state index contributed by atoms with van der Waals surface area (Å²) in [6.45, 7) is 8.99. The summed E-state index contributed by atoms with van der Waals surface area (Å²) in [5.74, 6) is 0. The summed E-state index contributed by atoms with van der Waals surface area (Å²) < 4.78 is 5.52. The van der Waals surface area contributed by atoms with Gasteiger partial charge in [0.05, 0.1) is 5.60 Å². The van der Waals surface area contributed by atoms with Crippen LogP contribution in [-0.2, 0) is 4.74 Å². The van der Waals surface area contributed by atoms with E-state index in [4.69, 9.17) is 10.5 Å². The predicted octanol–water partition coefficient (Wildman–Crippen LogP) is 1.93. The second-order valence-electron chi connectivity index (χ2n) is 3.43. The van der Waals surface area contributed by atoms with Gasteiger partial charge < -0.3 is 10.5 Å². The van der Waals surface area contributed by atoms with Crippen LogP contribution >= 0.6 is 0 Å². The normalized spacial score (nSPS) is 15.0. The van der Waals surface area contributed by atoms with Crippen molar-refractivity contribution in [3.8, 4) is 0 Å². The fraction of sp³-hybridized carbons (Fsp3) is 1.00. The maximum Gasteiger partial charge on any atom is 0.0776 e. The highest BCUT2D eigenvalue weighted by molar-refractivity contribution is 4.81. The van der Waals surface area contributed by atoms with Gasteiger partial charge in [-0.25, -0.2) is 0 Å². The van der Waals surface area contributed by atoms with Crippen LogP contribution in [0.15, 0.2) is 0 Å². The third-order valence-corrected chi connectivity index (χ3v) is 2.01. The Kier molecular flexibility index (Phi) is 4.69. The number of nitrogens with two attached hydrogens (primary N) is 1. The zero-order valence-corrected chi connectivity index (χ0v) is 8.18. The average Bonchev–Trinajstić information content (AvgIpc) is 1.88. The molecule has 68 valence electrons. The van der Waals surface area contributed by atoms with Crippen molar-refractivity contribution >= 4 is 0 Å². The highest BCUT2D eigenvalue weighted by Crippen LogP contribution is 2.16. The minimum absolute atomic E-state index is 0.160. The Hall–Kier alpha value is -0.0800. The smallest absolute Gasteiger partial charge is 0.0776 e. The molecule has 0 aromatic heterocycles. The first-order valence-electron chi connectivity index (χ1n) is 4.44. The largest absolute Gasteiger partial charge is 0.374 e. The van der Waals surface area contributed by atoms with Crippen molar-refractivity contribution in [2.45, 2.75) is 52.2 Å². The summed E-state index contributed by atoms with van der Waals surface area (Å²) in [4.78, 5) is 0. The molecule has 0 saturated carbocycles. The summed E-state index contributed by atoms with van der Waals surface area (Å²) in [5, 5.41) is 0. The van der Waals surface area contributed by atoms with E-state index in [9.17, 15) is 0 Å². The van der Waals surface area contributed by atoms with Crippen molar-refractivity contribution in [2.24, 2.45) is 5.73 Å². The van der Waals surface area contributed by atoms with Gasteiger partial charge in [0.15, 0.2) is 0 Å². The Labute approximate surface area is 70.1 Å². The lowest BCUT2D eigenvalue weighted by Crippen LogP contribution is -2.45. The Balaban J connectivity index is 3.83. The van der Waals surface area contributed by atoms with Crippen molar-refractivity contribution in [1.29, 1.82) is 0 Å². The lowest BCUT2D eigenvalue weighted by Gasteiger charge is -2.31. The quantitative estimate of drug-likeness (QED) is 0.665. The third kappa shape index (κ3) is 3.73. The Bertz CT molecular complexity index is 102. The molecule has 11 heavy (non-hydrogen) atoms. The molecule has 0 aliphatic rings. The van der Waals surface area contributed by atoms with Crippen LogP contribution in [0, 0.1) is 0 Å². The van der Waals surface area contributed by atoms with E-state index in [2.05, 4.69) is 20.8 Å². The lowest BCUT2D eigenvalue weighted by atomic mass is 9.95. The molecule has 0 aromatic rings. The molecule has 0 rings (SSSR count). The van der Waals surface area contributed by atoms with Gasteiger partial charge in [0.25, 0.3) is 0 Å². The van der Waals surface area contributed by atoms with Crippen LogP contribution in [0.1, 0.15) is 40.5 Å². The first-order chi connectivity index (χ1) is 5.04.